The molecular weight excluding hydrogens is 406 g/mol. The lowest BCUT2D eigenvalue weighted by Crippen LogP contribution is -2.50. The van der Waals surface area contributed by atoms with E-state index in [1.807, 2.05) is 11.1 Å². The molecule has 4 rings (SSSR count). The number of nitrogens with one attached hydrogen (secondary N) is 1. The second-order valence-corrected chi connectivity index (χ2v) is 8.94. The van der Waals surface area contributed by atoms with Gasteiger partial charge in [0.1, 0.15) is 0 Å². The summed E-state index contributed by atoms with van der Waals surface area (Å²) < 4.78 is 16.9. The fraction of sp³-hybridized carbons (Fsp3) is 0.600. The zero-order valence-corrected chi connectivity index (χ0v) is 19.2. The molecular formula is C25H35N3O4. The van der Waals surface area contributed by atoms with Crippen molar-refractivity contribution in [3.05, 3.63) is 53.3 Å². The number of carbonyl (C=O) groups excluding carboxylic acids is 1. The molecule has 2 heterocycles. The van der Waals surface area contributed by atoms with Crippen molar-refractivity contribution in [3.8, 4) is 0 Å². The Labute approximate surface area is 190 Å². The molecule has 1 saturated heterocycles. The minimum atomic E-state index is -0.288. The maximum absolute atomic E-state index is 12.6. The van der Waals surface area contributed by atoms with E-state index in [0.717, 1.165) is 49.8 Å². The summed E-state index contributed by atoms with van der Waals surface area (Å²) in [6.45, 7) is 1.69. The number of benzene rings is 1. The van der Waals surface area contributed by atoms with Crippen LogP contribution in [0.3, 0.4) is 0 Å². The van der Waals surface area contributed by atoms with Crippen LogP contribution in [0.2, 0.25) is 0 Å². The third-order valence-corrected chi connectivity index (χ3v) is 7.06. The van der Waals surface area contributed by atoms with Gasteiger partial charge in [-0.1, -0.05) is 30.3 Å². The van der Waals surface area contributed by atoms with Gasteiger partial charge in [-0.25, -0.2) is 4.79 Å². The van der Waals surface area contributed by atoms with Crippen LogP contribution >= 0.6 is 0 Å². The summed E-state index contributed by atoms with van der Waals surface area (Å²) >= 11 is 0. The molecule has 1 aromatic carbocycles. The van der Waals surface area contributed by atoms with Crippen LogP contribution in [-0.4, -0.2) is 60.7 Å². The monoisotopic (exact) mass is 441 g/mol. The molecule has 2 aliphatic rings. The maximum Gasteiger partial charge on any atom is 0.409 e. The Morgan fingerprint density at radius 3 is 2.62 bits per heavy atom. The van der Waals surface area contributed by atoms with Crippen LogP contribution in [0.5, 0.6) is 0 Å². The Bertz CT molecular complexity index is 848. The zero-order valence-electron chi connectivity index (χ0n) is 19.2. The first-order chi connectivity index (χ1) is 15.7. The smallest absolute Gasteiger partial charge is 0.409 e. The van der Waals surface area contributed by atoms with Gasteiger partial charge in [0.25, 0.3) is 0 Å². The summed E-state index contributed by atoms with van der Waals surface area (Å²) in [6, 6.07) is 10.7. The average molecular weight is 442 g/mol. The largest absolute Gasteiger partial charge is 0.453 e. The number of aromatic nitrogens is 2. The highest BCUT2D eigenvalue weighted by molar-refractivity contribution is 5.68. The molecule has 1 saturated carbocycles. The van der Waals surface area contributed by atoms with Crippen LogP contribution < -0.4 is 0 Å². The van der Waals surface area contributed by atoms with Gasteiger partial charge in [0.2, 0.25) is 0 Å². The molecule has 174 valence electrons. The fourth-order valence-electron chi connectivity index (χ4n) is 5.38. The SMILES string of the molecule is COCc1cn[nH]c1[C@H]1CCCN(C(=O)OC)[C@H]1COC1CCC(c2ccccc2)CC1. The minimum absolute atomic E-state index is 0.0842. The molecule has 2 aromatic rings. The first-order valence-corrected chi connectivity index (χ1v) is 11.7. The number of amides is 1. The van der Waals surface area contributed by atoms with Gasteiger partial charge < -0.3 is 19.1 Å². The van der Waals surface area contributed by atoms with Crippen LogP contribution in [0, 0.1) is 0 Å². The van der Waals surface area contributed by atoms with E-state index in [9.17, 15) is 4.79 Å². The van der Waals surface area contributed by atoms with Crippen molar-refractivity contribution < 1.29 is 19.0 Å². The predicted octanol–water partition coefficient (Wildman–Crippen LogP) is 4.61. The Balaban J connectivity index is 1.42. The quantitative estimate of drug-likeness (QED) is 0.679. The average Bonchev–Trinajstić information content (AvgIpc) is 3.31. The van der Waals surface area contributed by atoms with Gasteiger partial charge in [0, 0.05) is 30.8 Å². The topological polar surface area (TPSA) is 76.7 Å². The normalized spacial score (nSPS) is 26.1. The molecule has 7 heteroatoms. The summed E-state index contributed by atoms with van der Waals surface area (Å²) in [5, 5.41) is 7.41. The van der Waals surface area contributed by atoms with Gasteiger partial charge in [0.15, 0.2) is 0 Å². The molecule has 0 radical (unpaired) electrons. The van der Waals surface area contributed by atoms with E-state index >= 15 is 0 Å². The van der Waals surface area contributed by atoms with Crippen molar-refractivity contribution in [3.63, 3.8) is 0 Å². The molecule has 32 heavy (non-hydrogen) atoms. The Kier molecular flexibility index (Phi) is 7.81. The van der Waals surface area contributed by atoms with E-state index in [2.05, 4.69) is 40.5 Å². The van der Waals surface area contributed by atoms with E-state index < -0.39 is 0 Å². The van der Waals surface area contributed by atoms with Crippen molar-refractivity contribution in [2.75, 3.05) is 27.4 Å². The molecule has 2 fully saturated rings. The van der Waals surface area contributed by atoms with Crippen LogP contribution in [0.1, 0.15) is 67.2 Å². The van der Waals surface area contributed by atoms with E-state index in [4.69, 9.17) is 14.2 Å². The van der Waals surface area contributed by atoms with Crippen LogP contribution in [0.15, 0.2) is 36.5 Å². The first kappa shape index (κ1) is 22.8. The van der Waals surface area contributed by atoms with Gasteiger partial charge in [-0.05, 0) is 50.0 Å². The number of carbonyl (C=O) groups is 1. The van der Waals surface area contributed by atoms with Crippen molar-refractivity contribution in [2.24, 2.45) is 0 Å². The molecule has 7 nitrogen and oxygen atoms in total. The maximum atomic E-state index is 12.6. The highest BCUT2D eigenvalue weighted by Gasteiger charge is 2.38. The number of hydrogen-bond acceptors (Lipinski definition) is 5. The van der Waals surface area contributed by atoms with Gasteiger partial charge in [-0.2, -0.15) is 5.10 Å². The molecule has 1 N–H and O–H groups in total. The fourth-order valence-corrected chi connectivity index (χ4v) is 5.38. The van der Waals surface area contributed by atoms with Gasteiger partial charge in [-0.15, -0.1) is 0 Å². The summed E-state index contributed by atoms with van der Waals surface area (Å²) in [5.74, 6) is 0.739. The summed E-state index contributed by atoms with van der Waals surface area (Å²) in [7, 11) is 3.13. The lowest BCUT2D eigenvalue weighted by Gasteiger charge is -2.41. The predicted molar refractivity (Wildman–Crippen MR) is 122 cm³/mol. The Hall–Kier alpha value is -2.38. The molecule has 1 amide bonds. The molecule has 0 bridgehead atoms. The number of rotatable bonds is 7. The van der Waals surface area contributed by atoms with Gasteiger partial charge in [-0.3, -0.25) is 5.10 Å². The van der Waals surface area contributed by atoms with Crippen LogP contribution in [0.25, 0.3) is 0 Å². The van der Waals surface area contributed by atoms with Gasteiger partial charge >= 0.3 is 6.09 Å². The summed E-state index contributed by atoms with van der Waals surface area (Å²) in [4.78, 5) is 14.4. The number of hydrogen-bond donors (Lipinski definition) is 1. The lowest BCUT2D eigenvalue weighted by atomic mass is 9.82. The Morgan fingerprint density at radius 1 is 1.12 bits per heavy atom. The number of H-pyrrole nitrogens is 1. The standard InChI is InChI=1S/C25H35N3O4/c1-30-16-20-15-26-27-24(20)22-9-6-14-28(25(29)31-2)23(22)17-32-21-12-10-19(11-13-21)18-7-4-3-5-8-18/h3-5,7-8,15,19,21-23H,6,9-14,16-17H2,1-2H3,(H,26,27)/t19?,21?,22-,23-/m0/s1. The summed E-state index contributed by atoms with van der Waals surface area (Å²) in [6.07, 6.45) is 8.04. The Morgan fingerprint density at radius 2 is 1.91 bits per heavy atom. The number of piperidine rings is 1. The first-order valence-electron chi connectivity index (χ1n) is 11.7. The molecule has 0 unspecified atom stereocenters. The molecule has 1 aliphatic carbocycles. The molecule has 1 aliphatic heterocycles. The number of ether oxygens (including phenoxy) is 3. The third kappa shape index (κ3) is 5.15. The number of methoxy groups -OCH3 is 2. The number of likely N-dealkylation sites (tertiary alicyclic amines) is 1. The minimum Gasteiger partial charge on any atom is -0.453 e. The van der Waals surface area contributed by atoms with Crippen LogP contribution in [0.4, 0.5) is 4.79 Å². The second-order valence-electron chi connectivity index (χ2n) is 8.94. The van der Waals surface area contributed by atoms with Crippen molar-refractivity contribution in [1.82, 2.24) is 15.1 Å². The lowest BCUT2D eigenvalue weighted by molar-refractivity contribution is -0.0244. The van der Waals surface area contributed by atoms with Crippen molar-refractivity contribution in [2.45, 2.75) is 69.1 Å². The second kappa shape index (κ2) is 11.0. The van der Waals surface area contributed by atoms with E-state index in [-0.39, 0.29) is 24.2 Å². The van der Waals surface area contributed by atoms with E-state index in [0.29, 0.717) is 25.7 Å². The molecule has 1 aromatic heterocycles. The van der Waals surface area contributed by atoms with Crippen molar-refractivity contribution in [1.29, 1.82) is 0 Å². The number of nitrogens with zero attached hydrogens (tertiary/aromatic N) is 2. The van der Waals surface area contributed by atoms with Crippen LogP contribution in [-0.2, 0) is 20.8 Å². The highest BCUT2D eigenvalue weighted by Crippen LogP contribution is 2.37. The number of aromatic amines is 1. The van der Waals surface area contributed by atoms with E-state index in [1.165, 1.54) is 12.7 Å². The highest BCUT2D eigenvalue weighted by atomic mass is 16.5. The van der Waals surface area contributed by atoms with Crippen molar-refractivity contribution >= 4 is 6.09 Å². The van der Waals surface area contributed by atoms with Gasteiger partial charge in [0.05, 0.1) is 38.7 Å². The molecule has 0 spiro atoms. The summed E-state index contributed by atoms with van der Waals surface area (Å²) in [5.41, 5.74) is 3.51. The molecule has 2 atom stereocenters. The zero-order chi connectivity index (χ0) is 22.3. The van der Waals surface area contributed by atoms with E-state index in [1.54, 1.807) is 7.11 Å². The third-order valence-electron chi connectivity index (χ3n) is 7.06.